The molecule has 0 bridgehead atoms. The van der Waals surface area contributed by atoms with Crippen molar-refractivity contribution < 1.29 is 9.47 Å². The Balaban J connectivity index is 1.72. The van der Waals surface area contributed by atoms with E-state index in [0.717, 1.165) is 21.7 Å². The van der Waals surface area contributed by atoms with E-state index in [4.69, 9.17) is 32.7 Å². The van der Waals surface area contributed by atoms with E-state index in [0.29, 0.717) is 21.5 Å². The van der Waals surface area contributed by atoms with Gasteiger partial charge in [0.05, 0.1) is 24.3 Å². The lowest BCUT2D eigenvalue weighted by Crippen LogP contribution is -2.26. The first-order valence-corrected chi connectivity index (χ1v) is 17.6. The van der Waals surface area contributed by atoms with Gasteiger partial charge in [-0.3, -0.25) is 0 Å². The molecule has 0 atom stereocenters. The smallest absolute Gasteiger partial charge is 0.145 e. The highest BCUT2D eigenvalue weighted by Gasteiger charge is 2.29. The van der Waals surface area contributed by atoms with Crippen LogP contribution in [0.3, 0.4) is 0 Å². The molecular formula is C38H30Cl2O2P2. The maximum Gasteiger partial charge on any atom is 0.145 e. The van der Waals surface area contributed by atoms with Crippen molar-refractivity contribution in [3.63, 3.8) is 0 Å². The van der Waals surface area contributed by atoms with Crippen LogP contribution in [0.4, 0.5) is 0 Å². The summed E-state index contributed by atoms with van der Waals surface area (Å²) in [7, 11) is 1.32. The maximum atomic E-state index is 6.95. The molecule has 0 aliphatic carbocycles. The summed E-state index contributed by atoms with van der Waals surface area (Å²) in [6.07, 6.45) is 0. The average molecular weight is 652 g/mol. The van der Waals surface area contributed by atoms with E-state index in [2.05, 4.69) is 140 Å². The molecule has 2 nitrogen and oxygen atoms in total. The SMILES string of the molecule is COc1cc(-c2c(P(c3ccccc3)c3ccccc3)ccc(Cl)c2OC)c(P(c2ccccc2)c2ccccc2)cc1Cl. The third kappa shape index (κ3) is 6.14. The van der Waals surface area contributed by atoms with Gasteiger partial charge in [0.2, 0.25) is 0 Å². The second-order valence-corrected chi connectivity index (χ2v) is 15.2. The minimum atomic E-state index is -1.02. The fourth-order valence-corrected chi connectivity index (χ4v) is 10.9. The second kappa shape index (κ2) is 14.0. The Labute approximate surface area is 271 Å². The van der Waals surface area contributed by atoms with Gasteiger partial charge in [-0.1, -0.05) is 151 Å². The van der Waals surface area contributed by atoms with E-state index < -0.39 is 15.8 Å². The second-order valence-electron chi connectivity index (χ2n) is 9.99. The van der Waals surface area contributed by atoms with Gasteiger partial charge in [0.15, 0.2) is 0 Å². The van der Waals surface area contributed by atoms with Gasteiger partial charge in [-0.05, 0) is 71.4 Å². The number of halogens is 2. The van der Waals surface area contributed by atoms with Crippen LogP contribution in [0.25, 0.3) is 11.1 Å². The predicted molar refractivity (Wildman–Crippen MR) is 192 cm³/mol. The molecule has 0 radical (unpaired) electrons. The predicted octanol–water partition coefficient (Wildman–Crippen LogP) is 8.19. The number of ether oxygens (including phenoxy) is 2. The van der Waals surface area contributed by atoms with Gasteiger partial charge in [-0.25, -0.2) is 0 Å². The van der Waals surface area contributed by atoms with Crippen molar-refractivity contribution in [2.24, 2.45) is 0 Å². The zero-order valence-corrected chi connectivity index (χ0v) is 27.6. The Morgan fingerprint density at radius 1 is 0.455 bits per heavy atom. The van der Waals surface area contributed by atoms with Gasteiger partial charge in [0.1, 0.15) is 11.5 Å². The fourth-order valence-electron chi connectivity index (χ4n) is 5.44. The van der Waals surface area contributed by atoms with Crippen molar-refractivity contribution in [2.45, 2.75) is 0 Å². The molecule has 6 aromatic carbocycles. The summed E-state index contributed by atoms with van der Waals surface area (Å²) >= 11 is 13.9. The van der Waals surface area contributed by atoms with Crippen LogP contribution in [-0.4, -0.2) is 14.2 Å². The molecule has 44 heavy (non-hydrogen) atoms. The van der Waals surface area contributed by atoms with Gasteiger partial charge < -0.3 is 9.47 Å². The quantitative estimate of drug-likeness (QED) is 0.147. The largest absolute Gasteiger partial charge is 0.495 e. The van der Waals surface area contributed by atoms with Crippen LogP contribution in [0.2, 0.25) is 10.0 Å². The Morgan fingerprint density at radius 3 is 1.30 bits per heavy atom. The molecule has 0 fully saturated rings. The minimum absolute atomic E-state index is 0.547. The summed E-state index contributed by atoms with van der Waals surface area (Å²) in [6.45, 7) is 0. The standard InChI is InChI=1S/C38H30Cl2O2P2/c1-41-34-25-31(36(26-33(34)40)44(29-19-11-5-12-20-29)30-21-13-6-14-22-30)37-35(24-23-32(39)38(37)42-2)43(27-15-7-3-8-16-27)28-17-9-4-10-18-28/h3-26H,1-2H3. The van der Waals surface area contributed by atoms with Crippen LogP contribution in [0.15, 0.2) is 146 Å². The van der Waals surface area contributed by atoms with Crippen LogP contribution in [0.1, 0.15) is 0 Å². The number of methoxy groups -OCH3 is 2. The first kappa shape index (κ1) is 30.4. The zero-order valence-electron chi connectivity index (χ0n) is 24.3. The third-order valence-corrected chi connectivity index (χ3v) is 12.9. The highest BCUT2D eigenvalue weighted by atomic mass is 35.5. The van der Waals surface area contributed by atoms with Crippen molar-refractivity contribution in [2.75, 3.05) is 14.2 Å². The van der Waals surface area contributed by atoms with E-state index in [9.17, 15) is 0 Å². The average Bonchev–Trinajstić information content (AvgIpc) is 3.08. The number of hydrogen-bond acceptors (Lipinski definition) is 2. The maximum absolute atomic E-state index is 6.95. The van der Waals surface area contributed by atoms with Crippen LogP contribution in [-0.2, 0) is 0 Å². The van der Waals surface area contributed by atoms with Crippen LogP contribution in [0, 0.1) is 0 Å². The fraction of sp³-hybridized carbons (Fsp3) is 0.0526. The Morgan fingerprint density at radius 2 is 0.886 bits per heavy atom. The molecule has 0 unspecified atom stereocenters. The third-order valence-electron chi connectivity index (χ3n) is 7.37. The topological polar surface area (TPSA) is 18.5 Å². The molecule has 0 saturated carbocycles. The minimum Gasteiger partial charge on any atom is -0.495 e. The van der Waals surface area contributed by atoms with E-state index >= 15 is 0 Å². The lowest BCUT2D eigenvalue weighted by Gasteiger charge is -2.28. The summed E-state index contributed by atoms with van der Waals surface area (Å²) in [5, 5.41) is 8.23. The van der Waals surface area contributed by atoms with Gasteiger partial charge in [0, 0.05) is 5.56 Å². The van der Waals surface area contributed by atoms with Crippen LogP contribution >= 0.6 is 39.0 Å². The Kier molecular flexibility index (Phi) is 9.66. The molecule has 0 aliphatic heterocycles. The summed E-state index contributed by atoms with van der Waals surface area (Å²) in [5.74, 6) is 1.23. The van der Waals surface area contributed by atoms with Crippen LogP contribution in [0.5, 0.6) is 11.5 Å². The van der Waals surface area contributed by atoms with Gasteiger partial charge >= 0.3 is 0 Å². The highest BCUT2D eigenvalue weighted by Crippen LogP contribution is 2.47. The molecule has 0 spiro atoms. The lowest BCUT2D eigenvalue weighted by molar-refractivity contribution is 0.414. The molecule has 218 valence electrons. The number of hydrogen-bond donors (Lipinski definition) is 0. The molecule has 0 aliphatic rings. The van der Waals surface area contributed by atoms with Crippen molar-refractivity contribution in [1.82, 2.24) is 0 Å². The molecule has 0 saturated heterocycles. The molecule has 6 rings (SSSR count). The molecule has 6 heteroatoms. The van der Waals surface area contributed by atoms with Crippen LogP contribution < -0.4 is 41.3 Å². The highest BCUT2D eigenvalue weighted by molar-refractivity contribution is 7.80. The number of benzene rings is 6. The summed E-state index contributed by atoms with van der Waals surface area (Å²) in [4.78, 5) is 0. The van der Waals surface area contributed by atoms with Crippen molar-refractivity contribution in [3.8, 4) is 22.6 Å². The van der Waals surface area contributed by atoms with Crippen molar-refractivity contribution in [3.05, 3.63) is 156 Å². The summed E-state index contributed by atoms with van der Waals surface area (Å²) in [5.41, 5.74) is 1.93. The summed E-state index contributed by atoms with van der Waals surface area (Å²) in [6, 6.07) is 50.8. The first-order valence-electron chi connectivity index (χ1n) is 14.2. The molecule has 6 aromatic rings. The first-order chi connectivity index (χ1) is 21.6. The lowest BCUT2D eigenvalue weighted by atomic mass is 10.0. The molecule has 0 N–H and O–H groups in total. The van der Waals surface area contributed by atoms with Gasteiger partial charge in [-0.15, -0.1) is 0 Å². The van der Waals surface area contributed by atoms with Gasteiger partial charge in [-0.2, -0.15) is 0 Å². The molecule has 0 amide bonds. The Bertz CT molecular complexity index is 1770. The van der Waals surface area contributed by atoms with E-state index in [1.54, 1.807) is 14.2 Å². The molecular weight excluding hydrogens is 621 g/mol. The van der Waals surface area contributed by atoms with Gasteiger partial charge in [0.25, 0.3) is 0 Å². The normalized spacial score (nSPS) is 11.1. The van der Waals surface area contributed by atoms with E-state index in [-0.39, 0.29) is 0 Å². The number of rotatable bonds is 9. The van der Waals surface area contributed by atoms with E-state index in [1.807, 2.05) is 6.07 Å². The molecule has 0 heterocycles. The monoisotopic (exact) mass is 650 g/mol. The van der Waals surface area contributed by atoms with Crippen molar-refractivity contribution in [1.29, 1.82) is 0 Å². The van der Waals surface area contributed by atoms with Crippen molar-refractivity contribution >= 4 is 70.9 Å². The van der Waals surface area contributed by atoms with E-state index in [1.165, 1.54) is 21.2 Å². The Hall–Kier alpha value is -3.64. The summed E-state index contributed by atoms with van der Waals surface area (Å²) < 4.78 is 12.0. The zero-order chi connectivity index (χ0) is 30.5. The molecule has 0 aromatic heterocycles.